The zero-order valence-corrected chi connectivity index (χ0v) is 9.04. The number of nitrogens with zero attached hydrogens (tertiary/aromatic N) is 1. The largest absolute Gasteiger partial charge is 0.469 e. The Kier molecular flexibility index (Phi) is 4.45. The Morgan fingerprint density at radius 1 is 1.59 bits per heavy atom. The summed E-state index contributed by atoms with van der Waals surface area (Å²) in [5, 5.41) is 0. The van der Waals surface area contributed by atoms with Crippen LogP contribution in [-0.4, -0.2) is 18.1 Å². The second kappa shape index (κ2) is 5.62. The number of nitrogens with two attached hydrogens (primary N) is 1. The van der Waals surface area contributed by atoms with E-state index in [4.69, 9.17) is 5.73 Å². The molecule has 0 unspecified atom stereocenters. The summed E-state index contributed by atoms with van der Waals surface area (Å²) >= 11 is 0. The Balaban J connectivity index is 3.19. The van der Waals surface area contributed by atoms with Crippen LogP contribution in [0.25, 0.3) is 0 Å². The van der Waals surface area contributed by atoms with Crippen molar-refractivity contribution in [2.45, 2.75) is 19.4 Å². The van der Waals surface area contributed by atoms with Gasteiger partial charge >= 0.3 is 5.97 Å². The molecule has 4 nitrogen and oxygen atoms in total. The van der Waals surface area contributed by atoms with E-state index in [-0.39, 0.29) is 17.9 Å². The maximum atomic E-state index is 13.5. The predicted molar refractivity (Wildman–Crippen MR) is 52.8 cm³/mol. The summed E-state index contributed by atoms with van der Waals surface area (Å²) in [6.07, 6.45) is -3.49. The zero-order chi connectivity index (χ0) is 13.0. The van der Waals surface area contributed by atoms with E-state index in [0.717, 1.165) is 13.2 Å². The summed E-state index contributed by atoms with van der Waals surface area (Å²) in [7, 11) is 1.11. The van der Waals surface area contributed by atoms with Gasteiger partial charge in [0.1, 0.15) is 0 Å². The second-order valence-corrected chi connectivity index (χ2v) is 3.22. The maximum Gasteiger partial charge on any atom is 0.311 e. The van der Waals surface area contributed by atoms with Crippen LogP contribution in [0.4, 0.5) is 13.2 Å². The number of carbonyl (C=O) groups excluding carboxylic acids is 1. The number of carbonyl (C=O) groups is 1. The average molecular weight is 248 g/mol. The highest BCUT2D eigenvalue weighted by molar-refractivity contribution is 5.71. The maximum absolute atomic E-state index is 13.5. The number of esters is 1. The van der Waals surface area contributed by atoms with Gasteiger partial charge in [-0.1, -0.05) is 0 Å². The van der Waals surface area contributed by atoms with Crippen LogP contribution in [-0.2, 0) is 22.5 Å². The number of hydrogen-bond donors (Lipinski definition) is 1. The summed E-state index contributed by atoms with van der Waals surface area (Å²) in [6.45, 7) is -0.117. The van der Waals surface area contributed by atoms with Gasteiger partial charge in [0.15, 0.2) is 5.82 Å². The molecule has 0 bridgehead atoms. The van der Waals surface area contributed by atoms with Gasteiger partial charge in [-0.15, -0.1) is 0 Å². The monoisotopic (exact) mass is 248 g/mol. The molecule has 0 aliphatic rings. The van der Waals surface area contributed by atoms with Crippen LogP contribution < -0.4 is 5.73 Å². The normalized spacial score (nSPS) is 10.7. The van der Waals surface area contributed by atoms with Crippen molar-refractivity contribution in [3.05, 3.63) is 28.8 Å². The van der Waals surface area contributed by atoms with Gasteiger partial charge < -0.3 is 10.5 Å². The lowest BCUT2D eigenvalue weighted by Gasteiger charge is -2.09. The molecule has 0 aliphatic carbocycles. The Bertz CT molecular complexity index is 424. The SMILES string of the molecule is COC(=O)Cc1nc(CN)cc(C(F)F)c1F. The molecule has 2 N–H and O–H groups in total. The molecular formula is C10H11F3N2O2. The first kappa shape index (κ1) is 13.4. The lowest BCUT2D eigenvalue weighted by atomic mass is 10.1. The van der Waals surface area contributed by atoms with E-state index in [0.29, 0.717) is 0 Å². The zero-order valence-electron chi connectivity index (χ0n) is 9.04. The number of halogens is 3. The van der Waals surface area contributed by atoms with Gasteiger partial charge in [0.05, 0.1) is 30.5 Å². The Hall–Kier alpha value is -1.63. The minimum absolute atomic E-state index is 0.0978. The fourth-order valence-corrected chi connectivity index (χ4v) is 1.25. The molecule has 1 aromatic rings. The van der Waals surface area contributed by atoms with E-state index >= 15 is 0 Å². The summed E-state index contributed by atoms with van der Waals surface area (Å²) in [5.41, 5.74) is 4.17. The molecule has 1 heterocycles. The fraction of sp³-hybridized carbons (Fsp3) is 0.400. The molecule has 0 saturated heterocycles. The van der Waals surface area contributed by atoms with Crippen molar-refractivity contribution in [3.63, 3.8) is 0 Å². The summed E-state index contributed by atoms with van der Waals surface area (Å²) in [6, 6.07) is 0.890. The van der Waals surface area contributed by atoms with Gasteiger partial charge in [0.25, 0.3) is 6.43 Å². The van der Waals surface area contributed by atoms with Crippen LogP contribution in [0.5, 0.6) is 0 Å². The summed E-state index contributed by atoms with van der Waals surface area (Å²) in [5.74, 6) is -1.95. The number of aromatic nitrogens is 1. The highest BCUT2D eigenvalue weighted by atomic mass is 19.3. The average Bonchev–Trinajstić information content (AvgIpc) is 2.31. The Labute approximate surface area is 95.6 Å². The number of rotatable bonds is 4. The van der Waals surface area contributed by atoms with E-state index in [1.54, 1.807) is 0 Å². The van der Waals surface area contributed by atoms with Crippen molar-refractivity contribution >= 4 is 5.97 Å². The molecule has 1 rings (SSSR count). The quantitative estimate of drug-likeness (QED) is 0.816. The highest BCUT2D eigenvalue weighted by Gasteiger charge is 2.20. The van der Waals surface area contributed by atoms with Crippen molar-refractivity contribution in [2.75, 3.05) is 7.11 Å². The van der Waals surface area contributed by atoms with Crippen LogP contribution in [0, 0.1) is 5.82 Å². The lowest BCUT2D eigenvalue weighted by molar-refractivity contribution is -0.139. The third-order valence-electron chi connectivity index (χ3n) is 2.09. The molecule has 0 fully saturated rings. The van der Waals surface area contributed by atoms with E-state index in [9.17, 15) is 18.0 Å². The van der Waals surface area contributed by atoms with E-state index in [1.807, 2.05) is 0 Å². The van der Waals surface area contributed by atoms with E-state index in [2.05, 4.69) is 9.72 Å². The van der Waals surface area contributed by atoms with Crippen LogP contribution >= 0.6 is 0 Å². The standard InChI is InChI=1S/C10H11F3N2O2/c1-17-8(16)3-7-9(11)6(10(12)13)2-5(4-14)15-7/h2,10H,3-4,14H2,1H3. The summed E-state index contributed by atoms with van der Waals surface area (Å²) < 4.78 is 42.9. The smallest absolute Gasteiger partial charge is 0.311 e. The van der Waals surface area contributed by atoms with Crippen LogP contribution in [0.15, 0.2) is 6.07 Å². The van der Waals surface area contributed by atoms with E-state index in [1.165, 1.54) is 0 Å². The predicted octanol–water partition coefficient (Wildman–Crippen LogP) is 1.33. The van der Waals surface area contributed by atoms with Gasteiger partial charge in [0, 0.05) is 6.54 Å². The highest BCUT2D eigenvalue weighted by Crippen LogP contribution is 2.24. The number of alkyl halides is 2. The molecule has 0 radical (unpaired) electrons. The lowest BCUT2D eigenvalue weighted by Crippen LogP contribution is -2.13. The first-order valence-electron chi connectivity index (χ1n) is 4.72. The molecule has 0 atom stereocenters. The van der Waals surface area contributed by atoms with Crippen molar-refractivity contribution in [1.29, 1.82) is 0 Å². The summed E-state index contributed by atoms with van der Waals surface area (Å²) in [4.78, 5) is 14.7. The molecule has 7 heteroatoms. The van der Waals surface area contributed by atoms with Crippen molar-refractivity contribution in [1.82, 2.24) is 4.98 Å². The van der Waals surface area contributed by atoms with Gasteiger partial charge in [-0.3, -0.25) is 9.78 Å². The second-order valence-electron chi connectivity index (χ2n) is 3.22. The number of pyridine rings is 1. The molecular weight excluding hydrogens is 237 g/mol. The van der Waals surface area contributed by atoms with Crippen LogP contribution in [0.2, 0.25) is 0 Å². The van der Waals surface area contributed by atoms with Gasteiger partial charge in [0.2, 0.25) is 0 Å². The first-order chi connectivity index (χ1) is 7.99. The topological polar surface area (TPSA) is 65.2 Å². The van der Waals surface area contributed by atoms with Crippen LogP contribution in [0.1, 0.15) is 23.4 Å². The van der Waals surface area contributed by atoms with Gasteiger partial charge in [-0.05, 0) is 6.07 Å². The van der Waals surface area contributed by atoms with Gasteiger partial charge in [-0.25, -0.2) is 13.2 Å². The number of methoxy groups -OCH3 is 1. The molecule has 94 valence electrons. The molecule has 0 saturated carbocycles. The number of hydrogen-bond acceptors (Lipinski definition) is 4. The van der Waals surface area contributed by atoms with Gasteiger partial charge in [-0.2, -0.15) is 0 Å². The van der Waals surface area contributed by atoms with Crippen molar-refractivity contribution in [3.8, 4) is 0 Å². The fourth-order valence-electron chi connectivity index (χ4n) is 1.25. The third-order valence-corrected chi connectivity index (χ3v) is 2.09. The molecule has 0 aromatic carbocycles. The molecule has 1 aromatic heterocycles. The molecule has 0 spiro atoms. The van der Waals surface area contributed by atoms with Crippen molar-refractivity contribution < 1.29 is 22.7 Å². The third kappa shape index (κ3) is 3.16. The Morgan fingerprint density at radius 3 is 2.71 bits per heavy atom. The molecule has 0 amide bonds. The molecule has 0 aliphatic heterocycles. The first-order valence-corrected chi connectivity index (χ1v) is 4.72. The molecule has 17 heavy (non-hydrogen) atoms. The minimum atomic E-state index is -2.99. The van der Waals surface area contributed by atoms with Crippen molar-refractivity contribution in [2.24, 2.45) is 5.73 Å². The van der Waals surface area contributed by atoms with E-state index < -0.39 is 30.2 Å². The minimum Gasteiger partial charge on any atom is -0.469 e. The number of ether oxygens (including phenoxy) is 1. The van der Waals surface area contributed by atoms with Crippen LogP contribution in [0.3, 0.4) is 0 Å². The Morgan fingerprint density at radius 2 is 2.24 bits per heavy atom.